The van der Waals surface area contributed by atoms with Crippen molar-refractivity contribution in [2.75, 3.05) is 17.2 Å². The number of amides is 1. The van der Waals surface area contributed by atoms with Crippen LogP contribution < -0.4 is 10.6 Å². The Morgan fingerprint density at radius 3 is 2.65 bits per heavy atom. The number of rotatable bonds is 5. The molecule has 0 unspecified atom stereocenters. The maximum Gasteiger partial charge on any atom is 0.257 e. The van der Waals surface area contributed by atoms with Crippen LogP contribution in [-0.2, 0) is 0 Å². The topological polar surface area (TPSA) is 66.9 Å². The molecule has 1 heterocycles. The Labute approximate surface area is 134 Å². The highest BCUT2D eigenvalue weighted by molar-refractivity contribution is 14.1. The molecule has 1 saturated carbocycles. The lowest BCUT2D eigenvalue weighted by Gasteiger charge is -2.01. The van der Waals surface area contributed by atoms with Crippen LogP contribution in [0.4, 0.5) is 10.3 Å². The van der Waals surface area contributed by atoms with E-state index in [0.29, 0.717) is 10.7 Å². The van der Waals surface area contributed by atoms with E-state index >= 15 is 0 Å². The summed E-state index contributed by atoms with van der Waals surface area (Å²) < 4.78 is 1.10. The molecule has 1 aliphatic rings. The first kappa shape index (κ1) is 13.7. The van der Waals surface area contributed by atoms with Crippen LogP contribution in [0.5, 0.6) is 0 Å². The average molecular weight is 400 g/mol. The van der Waals surface area contributed by atoms with E-state index in [-0.39, 0.29) is 5.91 Å². The maximum absolute atomic E-state index is 12.0. The van der Waals surface area contributed by atoms with E-state index in [9.17, 15) is 4.79 Å². The summed E-state index contributed by atoms with van der Waals surface area (Å²) in [5, 5.41) is 15.3. The van der Waals surface area contributed by atoms with E-state index in [1.54, 1.807) is 12.1 Å². The van der Waals surface area contributed by atoms with Gasteiger partial charge >= 0.3 is 0 Å². The van der Waals surface area contributed by atoms with Gasteiger partial charge in [-0.3, -0.25) is 10.1 Å². The summed E-state index contributed by atoms with van der Waals surface area (Å²) in [7, 11) is 0. The number of anilines is 2. The van der Waals surface area contributed by atoms with Gasteiger partial charge in [-0.1, -0.05) is 11.3 Å². The highest BCUT2D eigenvalue weighted by atomic mass is 127. The second kappa shape index (κ2) is 6.04. The summed E-state index contributed by atoms with van der Waals surface area (Å²) in [6.45, 7) is 0.944. The fourth-order valence-electron chi connectivity index (χ4n) is 1.67. The van der Waals surface area contributed by atoms with Gasteiger partial charge in [0.25, 0.3) is 5.91 Å². The molecule has 0 radical (unpaired) electrons. The third kappa shape index (κ3) is 3.66. The minimum atomic E-state index is -0.161. The Bertz CT molecular complexity index is 609. The van der Waals surface area contributed by atoms with Gasteiger partial charge in [-0.2, -0.15) is 0 Å². The van der Waals surface area contributed by atoms with Gasteiger partial charge < -0.3 is 5.32 Å². The van der Waals surface area contributed by atoms with Crippen LogP contribution in [0, 0.1) is 9.49 Å². The first-order chi connectivity index (χ1) is 9.70. The van der Waals surface area contributed by atoms with Crippen molar-refractivity contribution in [1.29, 1.82) is 0 Å². The number of nitrogens with one attached hydrogen (secondary N) is 2. The van der Waals surface area contributed by atoms with Gasteiger partial charge in [0.1, 0.15) is 0 Å². The largest absolute Gasteiger partial charge is 0.360 e. The van der Waals surface area contributed by atoms with Crippen molar-refractivity contribution >= 4 is 50.1 Å². The quantitative estimate of drug-likeness (QED) is 0.757. The molecule has 2 aromatic rings. The van der Waals surface area contributed by atoms with Crippen LogP contribution in [0.25, 0.3) is 0 Å². The molecule has 3 rings (SSSR count). The maximum atomic E-state index is 12.0. The highest BCUT2D eigenvalue weighted by Crippen LogP contribution is 2.30. The second-order valence-corrected chi connectivity index (χ2v) is 6.92. The lowest BCUT2D eigenvalue weighted by atomic mass is 10.2. The minimum absolute atomic E-state index is 0.161. The van der Waals surface area contributed by atoms with Crippen molar-refractivity contribution < 1.29 is 4.79 Å². The number of hydrogen-bond donors (Lipinski definition) is 2. The van der Waals surface area contributed by atoms with Gasteiger partial charge in [0.15, 0.2) is 0 Å². The lowest BCUT2D eigenvalue weighted by Crippen LogP contribution is -2.11. The zero-order chi connectivity index (χ0) is 13.9. The Balaban J connectivity index is 1.58. The molecule has 7 heteroatoms. The molecule has 104 valence electrons. The molecule has 5 nitrogen and oxygen atoms in total. The smallest absolute Gasteiger partial charge is 0.257 e. The summed E-state index contributed by atoms with van der Waals surface area (Å²) in [6.07, 6.45) is 2.59. The summed E-state index contributed by atoms with van der Waals surface area (Å²) in [5.74, 6) is 0.620. The van der Waals surface area contributed by atoms with Crippen molar-refractivity contribution in [3.05, 3.63) is 33.4 Å². The molecule has 0 spiro atoms. The Hall–Kier alpha value is -1.22. The SMILES string of the molecule is O=C(Nc1nnc(NCC2CC2)s1)c1ccc(I)cc1. The number of hydrogen-bond acceptors (Lipinski definition) is 5. The molecule has 1 amide bonds. The molecule has 0 bridgehead atoms. The van der Waals surface area contributed by atoms with Crippen LogP contribution >= 0.6 is 33.9 Å². The normalized spacial score (nSPS) is 14.1. The van der Waals surface area contributed by atoms with E-state index in [0.717, 1.165) is 21.2 Å². The number of benzene rings is 1. The molecular weight excluding hydrogens is 387 g/mol. The van der Waals surface area contributed by atoms with Gasteiger partial charge in [-0.15, -0.1) is 10.2 Å². The standard InChI is InChI=1S/C13H13IN4OS/c14-10-5-3-9(4-6-10)11(19)16-13-18-17-12(20-13)15-7-8-1-2-8/h3-6,8H,1-2,7H2,(H,15,17)(H,16,18,19). The lowest BCUT2D eigenvalue weighted by molar-refractivity contribution is 0.102. The van der Waals surface area contributed by atoms with Crippen LogP contribution in [0.2, 0.25) is 0 Å². The molecule has 0 saturated heterocycles. The summed E-state index contributed by atoms with van der Waals surface area (Å²) in [6, 6.07) is 7.39. The zero-order valence-electron chi connectivity index (χ0n) is 10.6. The fraction of sp³-hybridized carbons (Fsp3) is 0.308. The Morgan fingerprint density at radius 1 is 1.25 bits per heavy atom. The second-order valence-electron chi connectivity index (χ2n) is 4.70. The molecule has 1 fully saturated rings. The number of nitrogens with zero attached hydrogens (tertiary/aromatic N) is 2. The van der Waals surface area contributed by atoms with Gasteiger partial charge in [-0.25, -0.2) is 0 Å². The van der Waals surface area contributed by atoms with Gasteiger partial charge in [0, 0.05) is 15.7 Å². The minimum Gasteiger partial charge on any atom is -0.360 e. The first-order valence-electron chi connectivity index (χ1n) is 6.35. The molecule has 20 heavy (non-hydrogen) atoms. The highest BCUT2D eigenvalue weighted by Gasteiger charge is 2.21. The van der Waals surface area contributed by atoms with Crippen molar-refractivity contribution in [2.24, 2.45) is 5.92 Å². The average Bonchev–Trinajstić information content (AvgIpc) is 3.17. The summed E-state index contributed by atoms with van der Waals surface area (Å²) >= 11 is 3.57. The van der Waals surface area contributed by atoms with E-state index in [1.807, 2.05) is 12.1 Å². The number of carbonyl (C=O) groups is 1. The van der Waals surface area contributed by atoms with E-state index in [2.05, 4.69) is 43.4 Å². The monoisotopic (exact) mass is 400 g/mol. The zero-order valence-corrected chi connectivity index (χ0v) is 13.6. The van der Waals surface area contributed by atoms with E-state index in [1.165, 1.54) is 24.2 Å². The third-order valence-electron chi connectivity index (χ3n) is 2.99. The number of carbonyl (C=O) groups excluding carboxylic acids is 1. The van der Waals surface area contributed by atoms with E-state index in [4.69, 9.17) is 0 Å². The number of halogens is 1. The molecule has 0 atom stereocenters. The van der Waals surface area contributed by atoms with Crippen molar-refractivity contribution in [1.82, 2.24) is 10.2 Å². The molecule has 1 aliphatic carbocycles. The molecule has 1 aromatic heterocycles. The van der Waals surface area contributed by atoms with Gasteiger partial charge in [0.2, 0.25) is 10.3 Å². The number of aromatic nitrogens is 2. The Kier molecular flexibility index (Phi) is 4.16. The van der Waals surface area contributed by atoms with Crippen molar-refractivity contribution in [3.8, 4) is 0 Å². The molecule has 0 aliphatic heterocycles. The third-order valence-corrected chi connectivity index (χ3v) is 4.51. The molecular formula is C13H13IN4OS. The van der Waals surface area contributed by atoms with Crippen molar-refractivity contribution in [3.63, 3.8) is 0 Å². The van der Waals surface area contributed by atoms with Gasteiger partial charge in [0.05, 0.1) is 0 Å². The van der Waals surface area contributed by atoms with Crippen LogP contribution in [0.3, 0.4) is 0 Å². The van der Waals surface area contributed by atoms with Crippen LogP contribution in [0.15, 0.2) is 24.3 Å². The van der Waals surface area contributed by atoms with Crippen LogP contribution in [0.1, 0.15) is 23.2 Å². The van der Waals surface area contributed by atoms with Gasteiger partial charge in [-0.05, 0) is 65.6 Å². The predicted molar refractivity (Wildman–Crippen MR) is 88.2 cm³/mol. The summed E-state index contributed by atoms with van der Waals surface area (Å²) in [4.78, 5) is 12.0. The van der Waals surface area contributed by atoms with Crippen molar-refractivity contribution in [2.45, 2.75) is 12.8 Å². The Morgan fingerprint density at radius 2 is 1.95 bits per heavy atom. The molecule has 2 N–H and O–H groups in total. The summed E-state index contributed by atoms with van der Waals surface area (Å²) in [5.41, 5.74) is 0.619. The predicted octanol–water partition coefficient (Wildman–Crippen LogP) is 3.22. The fourth-order valence-corrected chi connectivity index (χ4v) is 2.67. The first-order valence-corrected chi connectivity index (χ1v) is 8.24. The van der Waals surface area contributed by atoms with E-state index < -0.39 is 0 Å². The van der Waals surface area contributed by atoms with Crippen LogP contribution in [-0.4, -0.2) is 22.6 Å². The molecule has 1 aromatic carbocycles.